The van der Waals surface area contributed by atoms with Crippen molar-refractivity contribution in [3.05, 3.63) is 147 Å². The SMILES string of the molecule is [N-]=[n+]1c2c3nc(c1=c1[nH]c(c4ccccc14)=Cc1[nH]c(c4ccccc14)C=C1NC2=C2C=CC=CC12)-c1ccccc1-3. The predicted octanol–water partition coefficient (Wildman–Crippen LogP) is 6.11. The van der Waals surface area contributed by atoms with Gasteiger partial charge < -0.3 is 20.8 Å². The summed E-state index contributed by atoms with van der Waals surface area (Å²) in [7, 11) is 0. The van der Waals surface area contributed by atoms with Crippen molar-refractivity contribution in [1.29, 1.82) is 0 Å². The predicted molar refractivity (Wildman–Crippen MR) is 165 cm³/mol. The fraction of sp³-hybridized carbons (Fsp3) is 0.0278. The van der Waals surface area contributed by atoms with E-state index in [1.165, 1.54) is 4.36 Å². The van der Waals surface area contributed by atoms with Crippen molar-refractivity contribution < 1.29 is 4.36 Å². The number of nitrogens with one attached hydrogen (secondary N) is 3. The molecule has 1 unspecified atom stereocenters. The Morgan fingerprint density at radius 3 is 2.21 bits per heavy atom. The first-order valence-electron chi connectivity index (χ1n) is 14.2. The third kappa shape index (κ3) is 2.71. The summed E-state index contributed by atoms with van der Waals surface area (Å²) in [6, 6.07) is 25.1. The van der Waals surface area contributed by atoms with Gasteiger partial charge in [-0.05, 0) is 17.7 Å². The molecule has 3 aromatic carbocycles. The molecule has 10 rings (SSSR count). The number of benzene rings is 3. The Morgan fingerprint density at radius 2 is 1.40 bits per heavy atom. The van der Waals surface area contributed by atoms with Crippen molar-refractivity contribution in [3.63, 3.8) is 0 Å². The maximum absolute atomic E-state index is 12.3. The molecule has 0 saturated heterocycles. The molecule has 6 heteroatoms. The monoisotopic (exact) mass is 538 g/mol. The third-order valence-corrected chi connectivity index (χ3v) is 9.04. The molecular formula is C36H22N6. The molecule has 3 aromatic heterocycles. The van der Waals surface area contributed by atoms with Gasteiger partial charge in [-0.3, -0.25) is 0 Å². The molecule has 10 bridgehead atoms. The van der Waals surface area contributed by atoms with Crippen molar-refractivity contribution in [3.8, 4) is 22.5 Å². The van der Waals surface area contributed by atoms with Crippen LogP contribution in [0.5, 0.6) is 0 Å². The molecule has 3 aliphatic heterocycles. The summed E-state index contributed by atoms with van der Waals surface area (Å²) in [4.78, 5) is 12.6. The molecular weight excluding hydrogens is 516 g/mol. The Hall–Kier alpha value is -5.75. The Morgan fingerprint density at radius 1 is 0.714 bits per heavy atom. The van der Waals surface area contributed by atoms with E-state index < -0.39 is 0 Å². The van der Waals surface area contributed by atoms with E-state index in [4.69, 9.17) is 4.98 Å². The van der Waals surface area contributed by atoms with Crippen LogP contribution in [0.2, 0.25) is 0 Å². The summed E-state index contributed by atoms with van der Waals surface area (Å²) in [5, 5.41) is 10.6. The van der Waals surface area contributed by atoms with Crippen molar-refractivity contribution in [1.82, 2.24) is 20.3 Å². The lowest BCUT2D eigenvalue weighted by Gasteiger charge is -2.11. The molecule has 3 N–H and O–H groups in total. The van der Waals surface area contributed by atoms with E-state index in [9.17, 15) is 5.53 Å². The number of aromatic nitrogens is 4. The summed E-state index contributed by atoms with van der Waals surface area (Å²) >= 11 is 0. The van der Waals surface area contributed by atoms with Crippen LogP contribution in [0.1, 0.15) is 17.1 Å². The van der Waals surface area contributed by atoms with Crippen molar-refractivity contribution in [2.45, 2.75) is 0 Å². The number of H-pyrrole nitrogens is 2. The lowest BCUT2D eigenvalue weighted by Crippen LogP contribution is -2.27. The van der Waals surface area contributed by atoms with E-state index in [1.807, 2.05) is 18.2 Å². The zero-order chi connectivity index (χ0) is 27.5. The van der Waals surface area contributed by atoms with Crippen LogP contribution in [-0.4, -0.2) is 15.0 Å². The molecule has 1 aliphatic carbocycles. The summed E-state index contributed by atoms with van der Waals surface area (Å²) in [5.41, 5.74) is 21.6. The highest BCUT2D eigenvalue weighted by atomic mass is 15.1. The molecule has 196 valence electrons. The minimum absolute atomic E-state index is 0.0222. The normalized spacial score (nSPS) is 17.1. The summed E-state index contributed by atoms with van der Waals surface area (Å²) < 4.78 is 1.36. The van der Waals surface area contributed by atoms with Crippen LogP contribution in [0.25, 0.3) is 67.4 Å². The minimum atomic E-state index is 0.0222. The Bertz CT molecular complexity index is 2570. The van der Waals surface area contributed by atoms with E-state index in [-0.39, 0.29) is 5.92 Å². The van der Waals surface area contributed by atoms with Crippen LogP contribution in [0.15, 0.2) is 108 Å². The number of hydrogen-bond donors (Lipinski definition) is 3. The fourth-order valence-corrected chi connectivity index (χ4v) is 7.18. The summed E-state index contributed by atoms with van der Waals surface area (Å²) in [6.07, 6.45) is 12.9. The van der Waals surface area contributed by atoms with Gasteiger partial charge in [0.25, 0.3) is 11.0 Å². The van der Waals surface area contributed by atoms with Gasteiger partial charge in [-0.15, -0.1) is 0 Å². The number of fused-ring (bicyclic) bond motifs is 24. The molecule has 4 aliphatic rings. The van der Waals surface area contributed by atoms with E-state index in [1.54, 1.807) is 0 Å². The lowest BCUT2D eigenvalue weighted by atomic mass is 9.92. The zero-order valence-corrected chi connectivity index (χ0v) is 22.3. The minimum Gasteiger partial charge on any atom is -0.493 e. The molecule has 1 atom stereocenters. The number of nitrogens with zero attached hydrogens (tertiary/aromatic N) is 3. The maximum atomic E-state index is 12.3. The van der Waals surface area contributed by atoms with Gasteiger partial charge in [0.05, 0.1) is 0 Å². The Labute approximate surface area is 239 Å². The van der Waals surface area contributed by atoms with Gasteiger partial charge in [-0.1, -0.05) is 97.1 Å². The number of rotatable bonds is 0. The third-order valence-electron chi connectivity index (χ3n) is 9.04. The quantitative estimate of drug-likeness (QED) is 0.204. The number of aromatic amines is 2. The van der Waals surface area contributed by atoms with Crippen molar-refractivity contribution in [2.24, 2.45) is 5.92 Å². The Balaban J connectivity index is 1.49. The summed E-state index contributed by atoms with van der Waals surface area (Å²) in [6.45, 7) is 0. The molecule has 0 amide bonds. The first-order chi connectivity index (χ1) is 20.7. The Kier molecular flexibility index (Phi) is 4.04. The van der Waals surface area contributed by atoms with Crippen LogP contribution >= 0.6 is 0 Å². The van der Waals surface area contributed by atoms with Gasteiger partial charge in [0.15, 0.2) is 0 Å². The number of allylic oxidation sites excluding steroid dienone is 4. The molecule has 0 spiro atoms. The van der Waals surface area contributed by atoms with Crippen LogP contribution in [-0.2, 0) is 0 Å². The molecule has 6 nitrogen and oxygen atoms in total. The van der Waals surface area contributed by atoms with Gasteiger partial charge in [0, 0.05) is 61.0 Å². The number of hydrogen-bond acceptors (Lipinski definition) is 2. The highest BCUT2D eigenvalue weighted by Gasteiger charge is 2.37. The first kappa shape index (κ1) is 22.0. The molecule has 6 aromatic rings. The van der Waals surface area contributed by atoms with Crippen LogP contribution in [0, 0.1) is 16.6 Å². The standard InChI is InChI=1S/C36H22N6/c37-42-35-31-23-13-5-3-11-21(23)29(39-31)17-27-19-9-1-2-10-20(19)28(38-27)18-30-22-12-4-6-14-24(22)32(40-30)36(42)34-26-16-8-7-15-25(26)33(35)41-34/h1-18,21,38-40H. The molecule has 6 heterocycles. The topological polar surface area (TPSA) is 84.7 Å². The van der Waals surface area contributed by atoms with Gasteiger partial charge in [0.1, 0.15) is 22.4 Å². The summed E-state index contributed by atoms with van der Waals surface area (Å²) in [5.74, 6) is 0.0222. The van der Waals surface area contributed by atoms with Gasteiger partial charge in [0.2, 0.25) is 0 Å². The maximum Gasteiger partial charge on any atom is 0.251 e. The second-order valence-electron chi connectivity index (χ2n) is 11.2. The van der Waals surface area contributed by atoms with E-state index in [0.29, 0.717) is 11.0 Å². The highest BCUT2D eigenvalue weighted by molar-refractivity contribution is 5.98. The van der Waals surface area contributed by atoms with Crippen LogP contribution in [0.3, 0.4) is 0 Å². The smallest absolute Gasteiger partial charge is 0.251 e. The van der Waals surface area contributed by atoms with Crippen molar-refractivity contribution >= 4 is 39.4 Å². The van der Waals surface area contributed by atoms with Crippen LogP contribution in [0.4, 0.5) is 0 Å². The van der Waals surface area contributed by atoms with Gasteiger partial charge >= 0.3 is 0 Å². The second-order valence-corrected chi connectivity index (χ2v) is 11.2. The first-order valence-corrected chi connectivity index (χ1v) is 14.2. The highest BCUT2D eigenvalue weighted by Crippen LogP contribution is 2.44. The molecule has 0 fully saturated rings. The van der Waals surface area contributed by atoms with Gasteiger partial charge in [-0.2, -0.15) is 0 Å². The molecule has 42 heavy (non-hydrogen) atoms. The average Bonchev–Trinajstić information content (AvgIpc) is 3.76. The van der Waals surface area contributed by atoms with Crippen LogP contribution < -0.4 is 15.0 Å². The fourth-order valence-electron chi connectivity index (χ4n) is 7.18. The second kappa shape index (κ2) is 7.71. The van der Waals surface area contributed by atoms with E-state index >= 15 is 0 Å². The molecule has 0 radical (unpaired) electrons. The van der Waals surface area contributed by atoms with Crippen molar-refractivity contribution in [2.75, 3.05) is 0 Å². The molecule has 0 saturated carbocycles. The van der Waals surface area contributed by atoms with E-state index in [0.717, 1.165) is 83.1 Å². The largest absolute Gasteiger partial charge is 0.493 e. The average molecular weight is 539 g/mol. The zero-order valence-electron chi connectivity index (χ0n) is 22.3. The van der Waals surface area contributed by atoms with E-state index in [2.05, 4.69) is 106 Å². The lowest BCUT2D eigenvalue weighted by molar-refractivity contribution is -0.509. The van der Waals surface area contributed by atoms with Gasteiger partial charge in [-0.25, -0.2) is 9.35 Å².